The number of amides is 1. The Bertz CT molecular complexity index is 505. The van der Waals surface area contributed by atoms with Crippen LogP contribution in [-0.2, 0) is 11.2 Å². The van der Waals surface area contributed by atoms with E-state index < -0.39 is 6.09 Å². The fraction of sp³-hybridized carbons (Fsp3) is 0.214. The molecule has 18 heavy (non-hydrogen) atoms. The molecule has 1 N–H and O–H groups in total. The molecule has 0 atom stereocenters. The van der Waals surface area contributed by atoms with E-state index in [2.05, 4.69) is 5.32 Å². The third kappa shape index (κ3) is 3.13. The Hall–Kier alpha value is -2.23. The summed E-state index contributed by atoms with van der Waals surface area (Å²) in [6.07, 6.45) is 0.144. The van der Waals surface area contributed by atoms with E-state index in [0.29, 0.717) is 13.0 Å². The van der Waals surface area contributed by atoms with Gasteiger partial charge in [0, 0.05) is 19.0 Å². The molecule has 2 rings (SSSR count). The van der Waals surface area contributed by atoms with E-state index in [-0.39, 0.29) is 0 Å². The van der Waals surface area contributed by atoms with Gasteiger partial charge in [-0.1, -0.05) is 30.3 Å². The van der Waals surface area contributed by atoms with Gasteiger partial charge in [0.2, 0.25) is 0 Å². The number of carbonyl (C=O) groups excluding carboxylic acids is 1. The quantitative estimate of drug-likeness (QED) is 0.901. The second kappa shape index (κ2) is 5.91. The highest BCUT2D eigenvalue weighted by molar-refractivity contribution is 5.66. The van der Waals surface area contributed by atoms with Crippen LogP contribution < -0.4 is 5.32 Å². The third-order valence-electron chi connectivity index (χ3n) is 2.51. The molecular weight excluding hydrogens is 230 g/mol. The fourth-order valence-corrected chi connectivity index (χ4v) is 1.59. The molecule has 94 valence electrons. The molecule has 2 aromatic rings. The number of hydrogen-bond acceptors (Lipinski definition) is 3. The molecule has 0 bridgehead atoms. The summed E-state index contributed by atoms with van der Waals surface area (Å²) in [6, 6.07) is 13.7. The lowest BCUT2D eigenvalue weighted by Gasteiger charge is -2.01. The van der Waals surface area contributed by atoms with Gasteiger partial charge in [-0.25, -0.2) is 4.79 Å². The molecule has 0 aliphatic rings. The molecule has 0 unspecified atom stereocenters. The van der Waals surface area contributed by atoms with Crippen LogP contribution in [0.1, 0.15) is 5.76 Å². The lowest BCUT2D eigenvalue weighted by Crippen LogP contribution is -2.20. The van der Waals surface area contributed by atoms with Gasteiger partial charge in [0.05, 0.1) is 0 Å². The Kier molecular flexibility index (Phi) is 4.02. The van der Waals surface area contributed by atoms with Gasteiger partial charge in [-0.15, -0.1) is 0 Å². The van der Waals surface area contributed by atoms with Gasteiger partial charge in [0.25, 0.3) is 0 Å². The highest BCUT2D eigenvalue weighted by Gasteiger charge is 2.05. The number of nitrogens with one attached hydrogen (secondary N) is 1. The van der Waals surface area contributed by atoms with E-state index in [1.165, 1.54) is 7.05 Å². The van der Waals surface area contributed by atoms with Gasteiger partial charge in [-0.2, -0.15) is 0 Å². The molecule has 0 saturated heterocycles. The number of carbonyl (C=O) groups is 1. The predicted molar refractivity (Wildman–Crippen MR) is 68.3 cm³/mol. The summed E-state index contributed by atoms with van der Waals surface area (Å²) in [4.78, 5) is 10.9. The zero-order valence-electron chi connectivity index (χ0n) is 10.2. The number of hydrogen-bond donors (Lipinski definition) is 1. The largest absolute Gasteiger partial charge is 0.461 e. The van der Waals surface area contributed by atoms with Gasteiger partial charge < -0.3 is 14.5 Å². The fourth-order valence-electron chi connectivity index (χ4n) is 1.59. The van der Waals surface area contributed by atoms with Crippen molar-refractivity contribution in [3.63, 3.8) is 0 Å². The molecular formula is C14H15NO3. The Labute approximate surface area is 106 Å². The van der Waals surface area contributed by atoms with Gasteiger partial charge in [0.15, 0.2) is 0 Å². The maximum atomic E-state index is 10.9. The maximum Gasteiger partial charge on any atom is 0.406 e. The van der Waals surface area contributed by atoms with Crippen LogP contribution >= 0.6 is 0 Å². The van der Waals surface area contributed by atoms with Crippen molar-refractivity contribution in [2.24, 2.45) is 0 Å². The van der Waals surface area contributed by atoms with Gasteiger partial charge in [-0.3, -0.25) is 0 Å². The minimum atomic E-state index is -0.426. The van der Waals surface area contributed by atoms with E-state index in [1.54, 1.807) is 0 Å². The molecule has 0 aliphatic heterocycles. The summed E-state index contributed by atoms with van der Waals surface area (Å²) in [7, 11) is 1.53. The molecule has 0 fully saturated rings. The minimum absolute atomic E-state index is 0.307. The molecule has 1 heterocycles. The molecule has 4 heteroatoms. The van der Waals surface area contributed by atoms with Crippen molar-refractivity contribution in [3.8, 4) is 11.3 Å². The maximum absolute atomic E-state index is 10.9. The first kappa shape index (κ1) is 12.2. The van der Waals surface area contributed by atoms with Crippen LogP contribution in [0, 0.1) is 0 Å². The van der Waals surface area contributed by atoms with Gasteiger partial charge in [0.1, 0.15) is 18.1 Å². The van der Waals surface area contributed by atoms with E-state index in [0.717, 1.165) is 17.1 Å². The first-order valence-corrected chi connectivity index (χ1v) is 5.78. The number of benzene rings is 1. The first-order chi connectivity index (χ1) is 8.79. The van der Waals surface area contributed by atoms with Crippen LogP contribution in [0.3, 0.4) is 0 Å². The van der Waals surface area contributed by atoms with E-state index in [9.17, 15) is 4.79 Å². The van der Waals surface area contributed by atoms with Gasteiger partial charge >= 0.3 is 6.09 Å². The number of alkyl carbamates (subject to hydrolysis) is 1. The molecule has 1 amide bonds. The Morgan fingerprint density at radius 3 is 2.72 bits per heavy atom. The van der Waals surface area contributed by atoms with Crippen molar-refractivity contribution >= 4 is 6.09 Å². The highest BCUT2D eigenvalue weighted by Crippen LogP contribution is 2.21. The van der Waals surface area contributed by atoms with Gasteiger partial charge in [-0.05, 0) is 12.1 Å². The summed E-state index contributed by atoms with van der Waals surface area (Å²) in [6.45, 7) is 0.307. The second-order valence-corrected chi connectivity index (χ2v) is 3.77. The van der Waals surface area contributed by atoms with Crippen molar-refractivity contribution in [1.29, 1.82) is 0 Å². The average molecular weight is 245 g/mol. The first-order valence-electron chi connectivity index (χ1n) is 5.78. The Morgan fingerprint density at radius 1 is 1.22 bits per heavy atom. The standard InChI is InChI=1S/C14H15NO3/c1-15-14(16)17-10-9-12-7-8-13(18-12)11-5-3-2-4-6-11/h2-8H,9-10H2,1H3,(H,15,16). The number of rotatable bonds is 4. The van der Waals surface area contributed by atoms with Crippen LogP contribution in [-0.4, -0.2) is 19.7 Å². The summed E-state index contributed by atoms with van der Waals surface area (Å²) in [5.41, 5.74) is 1.04. The third-order valence-corrected chi connectivity index (χ3v) is 2.51. The molecule has 4 nitrogen and oxygen atoms in total. The van der Waals surface area contributed by atoms with Crippen molar-refractivity contribution in [1.82, 2.24) is 5.32 Å². The smallest absolute Gasteiger partial charge is 0.406 e. The molecule has 1 aromatic heterocycles. The topological polar surface area (TPSA) is 51.5 Å². The lowest BCUT2D eigenvalue weighted by atomic mass is 10.2. The minimum Gasteiger partial charge on any atom is -0.461 e. The normalized spacial score (nSPS) is 10.1. The van der Waals surface area contributed by atoms with E-state index in [1.807, 2.05) is 42.5 Å². The van der Waals surface area contributed by atoms with Crippen molar-refractivity contribution in [3.05, 3.63) is 48.2 Å². The summed E-state index contributed by atoms with van der Waals surface area (Å²) < 4.78 is 10.6. The van der Waals surface area contributed by atoms with Crippen molar-refractivity contribution < 1.29 is 13.9 Å². The molecule has 0 spiro atoms. The van der Waals surface area contributed by atoms with E-state index >= 15 is 0 Å². The Balaban J connectivity index is 1.93. The number of furan rings is 1. The van der Waals surface area contributed by atoms with E-state index in [4.69, 9.17) is 9.15 Å². The zero-order valence-corrected chi connectivity index (χ0v) is 10.2. The molecule has 0 aliphatic carbocycles. The zero-order chi connectivity index (χ0) is 12.8. The van der Waals surface area contributed by atoms with Crippen molar-refractivity contribution in [2.75, 3.05) is 13.7 Å². The lowest BCUT2D eigenvalue weighted by molar-refractivity contribution is 0.148. The SMILES string of the molecule is CNC(=O)OCCc1ccc(-c2ccccc2)o1. The summed E-state index contributed by atoms with van der Waals surface area (Å²) in [5, 5.41) is 2.39. The van der Waals surface area contributed by atoms with Crippen LogP contribution in [0.4, 0.5) is 4.79 Å². The van der Waals surface area contributed by atoms with Crippen molar-refractivity contribution in [2.45, 2.75) is 6.42 Å². The summed E-state index contributed by atoms with van der Waals surface area (Å²) in [5.74, 6) is 1.63. The van der Waals surface area contributed by atoms with Crippen LogP contribution in [0.2, 0.25) is 0 Å². The molecule has 0 radical (unpaired) electrons. The predicted octanol–water partition coefficient (Wildman–Crippen LogP) is 2.85. The molecule has 0 saturated carbocycles. The number of ether oxygens (including phenoxy) is 1. The van der Waals surface area contributed by atoms with Crippen LogP contribution in [0.25, 0.3) is 11.3 Å². The molecule has 1 aromatic carbocycles. The van der Waals surface area contributed by atoms with Crippen LogP contribution in [0.5, 0.6) is 0 Å². The Morgan fingerprint density at radius 2 is 2.00 bits per heavy atom. The highest BCUT2D eigenvalue weighted by atomic mass is 16.5. The second-order valence-electron chi connectivity index (χ2n) is 3.77. The average Bonchev–Trinajstić information content (AvgIpc) is 2.88. The van der Waals surface area contributed by atoms with Crippen LogP contribution in [0.15, 0.2) is 46.9 Å². The summed E-state index contributed by atoms with van der Waals surface area (Å²) >= 11 is 0. The monoisotopic (exact) mass is 245 g/mol.